The molecule has 1 aromatic heterocycles. The number of ether oxygens (including phenoxy) is 1. The highest BCUT2D eigenvalue weighted by atomic mass is 19.1. The van der Waals surface area contributed by atoms with E-state index in [1.165, 1.54) is 36.1 Å². The molecule has 166 valence electrons. The molecule has 6 nitrogen and oxygen atoms in total. The predicted octanol–water partition coefficient (Wildman–Crippen LogP) is 4.92. The van der Waals surface area contributed by atoms with Gasteiger partial charge in [0.2, 0.25) is 5.43 Å². The minimum absolute atomic E-state index is 0.177. The molecule has 1 amide bonds. The molecule has 0 aliphatic rings. The van der Waals surface area contributed by atoms with Gasteiger partial charge in [0, 0.05) is 5.56 Å². The summed E-state index contributed by atoms with van der Waals surface area (Å²) in [6, 6.07) is 19.7. The van der Waals surface area contributed by atoms with Crippen LogP contribution in [-0.2, 0) is 0 Å². The van der Waals surface area contributed by atoms with E-state index < -0.39 is 11.7 Å². The fraction of sp³-hybridized carbons (Fsp3) is 0.115. The zero-order valence-electron chi connectivity index (χ0n) is 18.4. The van der Waals surface area contributed by atoms with Crippen molar-refractivity contribution in [1.82, 2.24) is 9.78 Å². The van der Waals surface area contributed by atoms with Crippen LogP contribution in [0.4, 0.5) is 10.2 Å². The molecule has 1 heterocycles. The standard InChI is InChI=1S/C26H22FN3O3/c1-16-7-9-18(10-8-16)26(32)28-25-23(19-5-4-6-22(15-19)33-3)24(31)17(2)29-30(25)21-13-11-20(27)12-14-21/h4-15H,1-3H3,(H,28,32). The minimum atomic E-state index is -0.408. The van der Waals surface area contributed by atoms with Crippen molar-refractivity contribution >= 4 is 11.7 Å². The van der Waals surface area contributed by atoms with Gasteiger partial charge in [-0.1, -0.05) is 29.8 Å². The zero-order chi connectivity index (χ0) is 23.5. The lowest BCUT2D eigenvalue weighted by Crippen LogP contribution is -2.25. The lowest BCUT2D eigenvalue weighted by atomic mass is 10.0. The first-order valence-corrected chi connectivity index (χ1v) is 10.3. The first kappa shape index (κ1) is 22.0. The number of amides is 1. The quantitative estimate of drug-likeness (QED) is 0.475. The zero-order valence-corrected chi connectivity index (χ0v) is 18.4. The summed E-state index contributed by atoms with van der Waals surface area (Å²) in [6.07, 6.45) is 0. The summed E-state index contributed by atoms with van der Waals surface area (Å²) in [7, 11) is 1.54. The van der Waals surface area contributed by atoms with Crippen LogP contribution in [0.3, 0.4) is 0 Å². The van der Waals surface area contributed by atoms with Gasteiger partial charge >= 0.3 is 0 Å². The molecule has 0 radical (unpaired) electrons. The maximum absolute atomic E-state index is 13.6. The van der Waals surface area contributed by atoms with E-state index in [0.717, 1.165) is 5.56 Å². The average Bonchev–Trinajstić information content (AvgIpc) is 2.82. The summed E-state index contributed by atoms with van der Waals surface area (Å²) in [5.74, 6) is -0.0728. The highest BCUT2D eigenvalue weighted by molar-refractivity contribution is 6.05. The minimum Gasteiger partial charge on any atom is -0.497 e. The Morgan fingerprint density at radius 1 is 1.00 bits per heavy atom. The third kappa shape index (κ3) is 4.52. The maximum atomic E-state index is 13.6. The molecule has 1 N–H and O–H groups in total. The Morgan fingerprint density at radius 2 is 1.70 bits per heavy atom. The van der Waals surface area contributed by atoms with Crippen molar-refractivity contribution in [3.63, 3.8) is 0 Å². The molecule has 0 atom stereocenters. The Bertz CT molecular complexity index is 1380. The van der Waals surface area contributed by atoms with Crippen LogP contribution in [0.2, 0.25) is 0 Å². The summed E-state index contributed by atoms with van der Waals surface area (Å²) in [6.45, 7) is 3.52. The molecule has 0 bridgehead atoms. The first-order valence-electron chi connectivity index (χ1n) is 10.3. The Labute approximate surface area is 190 Å². The molecule has 0 spiro atoms. The second-order valence-corrected chi connectivity index (χ2v) is 7.58. The number of aromatic nitrogens is 2. The van der Waals surface area contributed by atoms with E-state index in [1.54, 1.807) is 43.3 Å². The maximum Gasteiger partial charge on any atom is 0.256 e. The van der Waals surface area contributed by atoms with Crippen LogP contribution >= 0.6 is 0 Å². The molecule has 4 rings (SSSR count). The summed E-state index contributed by atoms with van der Waals surface area (Å²) in [5.41, 5.74) is 2.64. The Morgan fingerprint density at radius 3 is 2.36 bits per heavy atom. The van der Waals surface area contributed by atoms with Crippen molar-refractivity contribution in [2.24, 2.45) is 0 Å². The first-order chi connectivity index (χ1) is 15.9. The summed E-state index contributed by atoms with van der Waals surface area (Å²) in [5, 5.41) is 7.26. The molecule has 0 aliphatic heterocycles. The Balaban J connectivity index is 1.96. The van der Waals surface area contributed by atoms with Crippen LogP contribution in [0, 0.1) is 19.7 Å². The van der Waals surface area contributed by atoms with E-state index in [0.29, 0.717) is 22.6 Å². The Kier molecular flexibility index (Phi) is 6.04. The van der Waals surface area contributed by atoms with Gasteiger partial charge in [-0.25, -0.2) is 9.07 Å². The highest BCUT2D eigenvalue weighted by Gasteiger charge is 2.21. The topological polar surface area (TPSA) is 73.2 Å². The second kappa shape index (κ2) is 9.08. The van der Waals surface area contributed by atoms with E-state index >= 15 is 0 Å². The van der Waals surface area contributed by atoms with E-state index in [-0.39, 0.29) is 22.5 Å². The summed E-state index contributed by atoms with van der Waals surface area (Å²) < 4.78 is 20.3. The van der Waals surface area contributed by atoms with Crippen LogP contribution in [0.25, 0.3) is 16.8 Å². The molecular weight excluding hydrogens is 421 g/mol. The van der Waals surface area contributed by atoms with Crippen LogP contribution in [-0.4, -0.2) is 22.8 Å². The number of hydrogen-bond donors (Lipinski definition) is 1. The molecule has 0 unspecified atom stereocenters. The van der Waals surface area contributed by atoms with E-state index in [9.17, 15) is 14.0 Å². The number of carbonyl (C=O) groups excluding carboxylic acids is 1. The largest absolute Gasteiger partial charge is 0.497 e. The fourth-order valence-electron chi connectivity index (χ4n) is 3.46. The second-order valence-electron chi connectivity index (χ2n) is 7.58. The van der Waals surface area contributed by atoms with Gasteiger partial charge in [0.15, 0.2) is 0 Å². The van der Waals surface area contributed by atoms with Crippen LogP contribution in [0.1, 0.15) is 21.6 Å². The Hall–Kier alpha value is -4.26. The van der Waals surface area contributed by atoms with Crippen molar-refractivity contribution in [3.8, 4) is 22.6 Å². The average molecular weight is 443 g/mol. The van der Waals surface area contributed by atoms with Crippen molar-refractivity contribution < 1.29 is 13.9 Å². The van der Waals surface area contributed by atoms with Crippen molar-refractivity contribution in [2.75, 3.05) is 12.4 Å². The molecular formula is C26H22FN3O3. The molecule has 0 saturated carbocycles. The van der Waals surface area contributed by atoms with Gasteiger partial charge in [-0.3, -0.25) is 9.59 Å². The normalized spacial score (nSPS) is 10.7. The van der Waals surface area contributed by atoms with E-state index in [4.69, 9.17) is 4.74 Å². The SMILES string of the molecule is COc1cccc(-c2c(NC(=O)c3ccc(C)cc3)n(-c3ccc(F)cc3)nc(C)c2=O)c1. The highest BCUT2D eigenvalue weighted by Crippen LogP contribution is 2.30. The fourth-order valence-corrected chi connectivity index (χ4v) is 3.46. The predicted molar refractivity (Wildman–Crippen MR) is 126 cm³/mol. The number of methoxy groups -OCH3 is 1. The van der Waals surface area contributed by atoms with Gasteiger partial charge in [-0.05, 0) is 67.9 Å². The van der Waals surface area contributed by atoms with Gasteiger partial charge in [-0.2, -0.15) is 5.10 Å². The number of benzene rings is 3. The monoisotopic (exact) mass is 443 g/mol. The lowest BCUT2D eigenvalue weighted by Gasteiger charge is -2.18. The molecule has 0 saturated heterocycles. The number of nitrogens with zero attached hydrogens (tertiary/aromatic N) is 2. The van der Waals surface area contributed by atoms with Crippen molar-refractivity contribution in [1.29, 1.82) is 0 Å². The third-order valence-corrected chi connectivity index (χ3v) is 5.23. The van der Waals surface area contributed by atoms with Gasteiger partial charge in [0.1, 0.15) is 23.1 Å². The van der Waals surface area contributed by atoms with Crippen molar-refractivity contribution in [3.05, 3.63) is 106 Å². The molecule has 33 heavy (non-hydrogen) atoms. The van der Waals surface area contributed by atoms with E-state index in [1.807, 2.05) is 19.1 Å². The number of carbonyl (C=O) groups is 1. The molecule has 3 aromatic carbocycles. The number of halogens is 1. The number of anilines is 1. The molecule has 4 aromatic rings. The number of hydrogen-bond acceptors (Lipinski definition) is 4. The smallest absolute Gasteiger partial charge is 0.256 e. The molecule has 0 aliphatic carbocycles. The van der Waals surface area contributed by atoms with Gasteiger partial charge in [0.05, 0.1) is 18.4 Å². The summed E-state index contributed by atoms with van der Waals surface area (Å²) in [4.78, 5) is 26.4. The molecule has 0 fully saturated rings. The van der Waals surface area contributed by atoms with E-state index in [2.05, 4.69) is 10.4 Å². The van der Waals surface area contributed by atoms with Gasteiger partial charge in [0.25, 0.3) is 5.91 Å². The van der Waals surface area contributed by atoms with Crippen LogP contribution in [0.5, 0.6) is 5.75 Å². The van der Waals surface area contributed by atoms with Crippen LogP contribution in [0.15, 0.2) is 77.6 Å². The number of aryl methyl sites for hydroxylation is 2. The number of rotatable bonds is 5. The van der Waals surface area contributed by atoms with Crippen molar-refractivity contribution in [2.45, 2.75) is 13.8 Å². The third-order valence-electron chi connectivity index (χ3n) is 5.23. The summed E-state index contributed by atoms with van der Waals surface area (Å²) >= 11 is 0. The van der Waals surface area contributed by atoms with Crippen LogP contribution < -0.4 is 15.5 Å². The van der Waals surface area contributed by atoms with Gasteiger partial charge in [-0.15, -0.1) is 0 Å². The lowest BCUT2D eigenvalue weighted by molar-refractivity contribution is 0.102. The number of nitrogens with one attached hydrogen (secondary N) is 1. The molecule has 7 heteroatoms. The van der Waals surface area contributed by atoms with Gasteiger partial charge < -0.3 is 10.1 Å².